The molecule has 2 rings (SSSR count). The Balaban J connectivity index is 2.15. The Morgan fingerprint density at radius 1 is 0.615 bits per heavy atom. The smallest absolute Gasteiger partial charge is 0.170 e. The lowest BCUT2D eigenvalue weighted by Crippen LogP contribution is -2.10. The normalized spacial score (nSPS) is 11.0. The van der Waals surface area contributed by atoms with Gasteiger partial charge < -0.3 is 14.2 Å². The molecule has 0 aliphatic rings. The van der Waals surface area contributed by atoms with Crippen molar-refractivity contribution in [2.45, 2.75) is 124 Å². The largest absolute Gasteiger partial charge is 0.493 e. The summed E-state index contributed by atoms with van der Waals surface area (Å²) >= 11 is 0. The van der Waals surface area contributed by atoms with Crippen LogP contribution in [0, 0.1) is 0 Å². The third-order valence-corrected chi connectivity index (χ3v) is 7.19. The quantitative estimate of drug-likeness (QED) is 0.104. The molecular weight excluding hydrogens is 484 g/mol. The lowest BCUT2D eigenvalue weighted by molar-refractivity contribution is 0.0974. The van der Waals surface area contributed by atoms with E-state index in [0.29, 0.717) is 43.1 Å². The van der Waals surface area contributed by atoms with Crippen molar-refractivity contribution < 1.29 is 19.0 Å². The SMILES string of the molecule is CCCCCCOc1ccc(CC)cc1CCC(=O)c1c(OCCCCCC)cccc1OCCCCCC. The van der Waals surface area contributed by atoms with Crippen molar-refractivity contribution in [2.24, 2.45) is 0 Å². The van der Waals surface area contributed by atoms with Crippen LogP contribution in [0.15, 0.2) is 36.4 Å². The highest BCUT2D eigenvalue weighted by molar-refractivity contribution is 6.01. The summed E-state index contributed by atoms with van der Waals surface area (Å²) < 4.78 is 18.5. The van der Waals surface area contributed by atoms with E-state index in [-0.39, 0.29) is 5.78 Å². The molecule has 0 unspecified atom stereocenters. The third-order valence-electron chi connectivity index (χ3n) is 7.19. The fourth-order valence-corrected chi connectivity index (χ4v) is 4.72. The van der Waals surface area contributed by atoms with Crippen molar-refractivity contribution in [2.75, 3.05) is 19.8 Å². The van der Waals surface area contributed by atoms with Crippen molar-refractivity contribution in [3.63, 3.8) is 0 Å². The molecule has 0 radical (unpaired) electrons. The van der Waals surface area contributed by atoms with Crippen LogP contribution >= 0.6 is 0 Å². The molecule has 218 valence electrons. The van der Waals surface area contributed by atoms with Gasteiger partial charge in [-0.3, -0.25) is 4.79 Å². The predicted octanol–water partition coefficient (Wildman–Crippen LogP) is 9.94. The van der Waals surface area contributed by atoms with Crippen molar-refractivity contribution in [1.29, 1.82) is 0 Å². The number of unbranched alkanes of at least 4 members (excludes halogenated alkanes) is 9. The van der Waals surface area contributed by atoms with Gasteiger partial charge in [-0.25, -0.2) is 0 Å². The first-order valence-corrected chi connectivity index (χ1v) is 15.8. The molecule has 0 atom stereocenters. The van der Waals surface area contributed by atoms with E-state index < -0.39 is 0 Å². The van der Waals surface area contributed by atoms with Crippen LogP contribution in [0.5, 0.6) is 17.2 Å². The summed E-state index contributed by atoms with van der Waals surface area (Å²) in [4.78, 5) is 13.7. The van der Waals surface area contributed by atoms with Gasteiger partial charge in [-0.15, -0.1) is 0 Å². The molecule has 4 heteroatoms. The van der Waals surface area contributed by atoms with Crippen molar-refractivity contribution >= 4 is 5.78 Å². The highest BCUT2D eigenvalue weighted by atomic mass is 16.5. The minimum atomic E-state index is 0.0681. The monoisotopic (exact) mass is 538 g/mol. The Kier molecular flexibility index (Phi) is 17.1. The molecule has 0 saturated heterocycles. The van der Waals surface area contributed by atoms with E-state index in [9.17, 15) is 4.79 Å². The maximum absolute atomic E-state index is 13.7. The molecule has 39 heavy (non-hydrogen) atoms. The second kappa shape index (κ2) is 20.4. The molecule has 2 aromatic carbocycles. The minimum absolute atomic E-state index is 0.0681. The summed E-state index contributed by atoms with van der Waals surface area (Å²) in [6.07, 6.45) is 15.7. The van der Waals surface area contributed by atoms with Gasteiger partial charge in [0.25, 0.3) is 0 Å². The van der Waals surface area contributed by atoms with Gasteiger partial charge >= 0.3 is 0 Å². The van der Waals surface area contributed by atoms with Crippen molar-refractivity contribution in [3.8, 4) is 17.2 Å². The number of Topliss-reactive ketones (excluding diaryl/α,β-unsaturated/α-hetero) is 1. The molecule has 4 nitrogen and oxygen atoms in total. The van der Waals surface area contributed by atoms with E-state index in [4.69, 9.17) is 14.2 Å². The van der Waals surface area contributed by atoms with Gasteiger partial charge in [-0.1, -0.05) is 104 Å². The predicted molar refractivity (Wildman–Crippen MR) is 164 cm³/mol. The van der Waals surface area contributed by atoms with Gasteiger partial charge in [-0.05, 0) is 61.4 Å². The van der Waals surface area contributed by atoms with E-state index in [1.54, 1.807) is 0 Å². The topological polar surface area (TPSA) is 44.8 Å². The number of ketones is 1. The molecular formula is C35H54O4. The van der Waals surface area contributed by atoms with Crippen molar-refractivity contribution in [1.82, 2.24) is 0 Å². The zero-order chi connectivity index (χ0) is 28.1. The highest BCUT2D eigenvalue weighted by Gasteiger charge is 2.20. The highest BCUT2D eigenvalue weighted by Crippen LogP contribution is 2.32. The summed E-state index contributed by atoms with van der Waals surface area (Å²) in [6.45, 7) is 10.8. The molecule has 0 aliphatic heterocycles. The molecule has 0 aliphatic carbocycles. The Morgan fingerprint density at radius 2 is 1.13 bits per heavy atom. The van der Waals surface area contributed by atoms with Gasteiger partial charge in [0.2, 0.25) is 0 Å². The first-order valence-electron chi connectivity index (χ1n) is 15.8. The molecule has 0 spiro atoms. The lowest BCUT2D eigenvalue weighted by Gasteiger charge is -2.17. The number of hydrogen-bond acceptors (Lipinski definition) is 4. The molecule has 0 fully saturated rings. The van der Waals surface area contributed by atoms with Gasteiger partial charge in [0, 0.05) is 6.42 Å². The van der Waals surface area contributed by atoms with Crippen LogP contribution in [0.3, 0.4) is 0 Å². The number of rotatable bonds is 23. The zero-order valence-electron chi connectivity index (χ0n) is 25.3. The number of carbonyl (C=O) groups is 1. The maximum Gasteiger partial charge on any atom is 0.170 e. The van der Waals surface area contributed by atoms with E-state index in [1.165, 1.54) is 50.5 Å². The molecule has 2 aromatic rings. The van der Waals surface area contributed by atoms with Crippen LogP contribution in [-0.4, -0.2) is 25.6 Å². The molecule has 0 amide bonds. The fraction of sp³-hybridized carbons (Fsp3) is 0.629. The summed E-state index contributed by atoms with van der Waals surface area (Å²) in [5.74, 6) is 2.28. The van der Waals surface area contributed by atoms with Crippen LogP contribution in [-0.2, 0) is 12.8 Å². The second-order valence-electron chi connectivity index (χ2n) is 10.6. The number of hydrogen-bond donors (Lipinski definition) is 0. The first kappa shape index (κ1) is 32.7. The van der Waals surface area contributed by atoms with Gasteiger partial charge in [-0.2, -0.15) is 0 Å². The van der Waals surface area contributed by atoms with E-state index in [0.717, 1.165) is 56.4 Å². The number of ether oxygens (including phenoxy) is 3. The average molecular weight is 539 g/mol. The number of carbonyl (C=O) groups excluding carboxylic acids is 1. The summed E-state index contributed by atoms with van der Waals surface area (Å²) in [6, 6.07) is 12.2. The molecule has 0 saturated carbocycles. The number of aryl methyl sites for hydroxylation is 2. The maximum atomic E-state index is 13.7. The van der Waals surface area contributed by atoms with Crippen LogP contribution in [0.25, 0.3) is 0 Å². The summed E-state index contributed by atoms with van der Waals surface area (Å²) in [5, 5.41) is 0. The van der Waals surface area contributed by atoms with E-state index in [2.05, 4.69) is 45.9 Å². The van der Waals surface area contributed by atoms with Gasteiger partial charge in [0.15, 0.2) is 5.78 Å². The van der Waals surface area contributed by atoms with E-state index in [1.807, 2.05) is 18.2 Å². The molecule has 0 heterocycles. The summed E-state index contributed by atoms with van der Waals surface area (Å²) in [7, 11) is 0. The Labute approximate surface area is 238 Å². The number of benzene rings is 2. The van der Waals surface area contributed by atoms with Gasteiger partial charge in [0.1, 0.15) is 22.8 Å². The van der Waals surface area contributed by atoms with E-state index >= 15 is 0 Å². The van der Waals surface area contributed by atoms with Crippen molar-refractivity contribution in [3.05, 3.63) is 53.1 Å². The lowest BCUT2D eigenvalue weighted by atomic mass is 9.98. The molecule has 0 aromatic heterocycles. The Hall–Kier alpha value is -2.49. The summed E-state index contributed by atoms with van der Waals surface area (Å²) in [5.41, 5.74) is 2.97. The van der Waals surface area contributed by atoms with Crippen LogP contribution < -0.4 is 14.2 Å². The zero-order valence-corrected chi connectivity index (χ0v) is 25.3. The first-order chi connectivity index (χ1) is 19.1. The Bertz CT molecular complexity index is 904. The van der Waals surface area contributed by atoms with Crippen LogP contribution in [0.4, 0.5) is 0 Å². The van der Waals surface area contributed by atoms with Crippen LogP contribution in [0.1, 0.15) is 133 Å². The molecule has 0 bridgehead atoms. The minimum Gasteiger partial charge on any atom is -0.493 e. The van der Waals surface area contributed by atoms with Gasteiger partial charge in [0.05, 0.1) is 19.8 Å². The van der Waals surface area contributed by atoms with Crippen LogP contribution in [0.2, 0.25) is 0 Å². The molecule has 0 N–H and O–H groups in total. The third kappa shape index (κ3) is 12.5. The average Bonchev–Trinajstić information content (AvgIpc) is 2.96. The Morgan fingerprint density at radius 3 is 1.62 bits per heavy atom. The standard InChI is InChI=1S/C35H54O4/c1-5-9-12-15-25-37-32-24-21-29(8-4)28-30(32)22-23-31(36)35-33(38-26-16-13-10-6-2)19-18-20-34(35)39-27-17-14-11-7-3/h18-21,24,28H,5-17,22-23,25-27H2,1-4H3. The fourth-order valence-electron chi connectivity index (χ4n) is 4.72. The second-order valence-corrected chi connectivity index (χ2v) is 10.6.